The van der Waals surface area contributed by atoms with Gasteiger partial charge in [-0.15, -0.1) is 0 Å². The average Bonchev–Trinajstić information content (AvgIpc) is 2.16. The van der Waals surface area contributed by atoms with Crippen molar-refractivity contribution in [2.45, 2.75) is 33.6 Å². The first-order valence-electron chi connectivity index (χ1n) is 5.52. The zero-order valence-electron chi connectivity index (χ0n) is 9.55. The summed E-state index contributed by atoms with van der Waals surface area (Å²) in [6.07, 6.45) is 3.97. The van der Waals surface area contributed by atoms with Crippen molar-refractivity contribution in [1.82, 2.24) is 4.90 Å². The van der Waals surface area contributed by atoms with Crippen molar-refractivity contribution in [2.24, 2.45) is 5.92 Å². The molecule has 0 N–H and O–H groups in total. The summed E-state index contributed by atoms with van der Waals surface area (Å²) in [5, 5.41) is 0. The molecule has 1 rings (SSSR count). The largest absolute Gasteiger partial charge is 0.299 e. The van der Waals surface area contributed by atoms with E-state index in [0.717, 1.165) is 32.5 Å². The van der Waals surface area contributed by atoms with Crippen LogP contribution in [0.2, 0.25) is 0 Å². The lowest BCUT2D eigenvalue weighted by Gasteiger charge is -2.30. The van der Waals surface area contributed by atoms with Gasteiger partial charge in [-0.2, -0.15) is 0 Å². The minimum Gasteiger partial charge on any atom is -0.299 e. The molecule has 1 saturated heterocycles. The van der Waals surface area contributed by atoms with Gasteiger partial charge >= 0.3 is 0 Å². The Morgan fingerprint density at radius 2 is 2.29 bits per heavy atom. The van der Waals surface area contributed by atoms with Crippen molar-refractivity contribution in [3.8, 4) is 0 Å². The third kappa shape index (κ3) is 3.26. The van der Waals surface area contributed by atoms with Gasteiger partial charge in [0.25, 0.3) is 0 Å². The number of carbonyl (C=O) groups excluding carboxylic acids is 1. The first-order chi connectivity index (χ1) is 6.63. The molecule has 14 heavy (non-hydrogen) atoms. The van der Waals surface area contributed by atoms with E-state index in [1.165, 1.54) is 5.57 Å². The molecule has 0 amide bonds. The number of nitrogens with zero attached hydrogens (tertiary/aromatic N) is 1. The highest BCUT2D eigenvalue weighted by Gasteiger charge is 2.24. The van der Waals surface area contributed by atoms with Gasteiger partial charge < -0.3 is 0 Å². The molecule has 1 unspecified atom stereocenters. The number of likely N-dealkylation sites (tertiary alicyclic amines) is 1. The fourth-order valence-electron chi connectivity index (χ4n) is 1.81. The second-order valence-corrected chi connectivity index (χ2v) is 4.36. The Hall–Kier alpha value is -0.630. The van der Waals surface area contributed by atoms with Gasteiger partial charge in [-0.05, 0) is 20.3 Å². The average molecular weight is 195 g/mol. The number of piperidine rings is 1. The van der Waals surface area contributed by atoms with E-state index in [1.54, 1.807) is 0 Å². The van der Waals surface area contributed by atoms with Crippen LogP contribution in [0.1, 0.15) is 33.6 Å². The van der Waals surface area contributed by atoms with Crippen molar-refractivity contribution < 1.29 is 4.79 Å². The van der Waals surface area contributed by atoms with E-state index < -0.39 is 0 Å². The van der Waals surface area contributed by atoms with Crippen LogP contribution in [-0.4, -0.2) is 30.3 Å². The molecule has 2 nitrogen and oxygen atoms in total. The standard InChI is InChI=1S/C12H21NO/c1-4-11-9-13(7-5-10(2)3)8-6-12(11)14/h5,11H,4,6-9H2,1-3H3. The lowest BCUT2D eigenvalue weighted by Crippen LogP contribution is -2.40. The molecule has 2 heteroatoms. The molecule has 1 aliphatic rings. The summed E-state index contributed by atoms with van der Waals surface area (Å²) in [6.45, 7) is 9.25. The minimum absolute atomic E-state index is 0.286. The van der Waals surface area contributed by atoms with Crippen molar-refractivity contribution in [1.29, 1.82) is 0 Å². The number of hydrogen-bond acceptors (Lipinski definition) is 2. The molecule has 80 valence electrons. The Kier molecular flexibility index (Phi) is 4.33. The fourth-order valence-corrected chi connectivity index (χ4v) is 1.81. The molecular formula is C12H21NO. The summed E-state index contributed by atoms with van der Waals surface area (Å²) in [7, 11) is 0. The molecule has 1 heterocycles. The quantitative estimate of drug-likeness (QED) is 0.644. The van der Waals surface area contributed by atoms with E-state index in [9.17, 15) is 4.79 Å². The van der Waals surface area contributed by atoms with Crippen molar-refractivity contribution in [2.75, 3.05) is 19.6 Å². The topological polar surface area (TPSA) is 20.3 Å². The molecule has 1 atom stereocenters. The monoisotopic (exact) mass is 195 g/mol. The molecule has 0 aromatic rings. The van der Waals surface area contributed by atoms with Crippen LogP contribution in [0.15, 0.2) is 11.6 Å². The predicted molar refractivity (Wildman–Crippen MR) is 59.3 cm³/mol. The van der Waals surface area contributed by atoms with Gasteiger partial charge in [0.1, 0.15) is 5.78 Å². The van der Waals surface area contributed by atoms with Crippen LogP contribution < -0.4 is 0 Å². The second kappa shape index (κ2) is 5.30. The second-order valence-electron chi connectivity index (χ2n) is 4.36. The molecule has 0 bridgehead atoms. The minimum atomic E-state index is 0.286. The Bertz CT molecular complexity index is 228. The number of hydrogen-bond donors (Lipinski definition) is 0. The van der Waals surface area contributed by atoms with Crippen LogP contribution in [-0.2, 0) is 4.79 Å². The van der Waals surface area contributed by atoms with Crippen LogP contribution in [0.25, 0.3) is 0 Å². The summed E-state index contributed by atoms with van der Waals surface area (Å²) >= 11 is 0. The van der Waals surface area contributed by atoms with E-state index in [1.807, 2.05) is 0 Å². The Balaban J connectivity index is 2.42. The molecule has 0 saturated carbocycles. The summed E-state index contributed by atoms with van der Waals surface area (Å²) in [5.74, 6) is 0.746. The van der Waals surface area contributed by atoms with Crippen LogP contribution in [0.3, 0.4) is 0 Å². The van der Waals surface area contributed by atoms with Gasteiger partial charge in [-0.25, -0.2) is 0 Å². The third-order valence-electron chi connectivity index (χ3n) is 2.86. The van der Waals surface area contributed by atoms with E-state index >= 15 is 0 Å². The normalized spacial score (nSPS) is 23.6. The Morgan fingerprint density at radius 3 is 2.86 bits per heavy atom. The molecule has 0 aromatic heterocycles. The number of rotatable bonds is 3. The maximum Gasteiger partial charge on any atom is 0.138 e. The molecule has 0 radical (unpaired) electrons. The summed E-state index contributed by atoms with van der Waals surface area (Å²) in [5.41, 5.74) is 1.36. The van der Waals surface area contributed by atoms with E-state index in [2.05, 4.69) is 31.7 Å². The maximum absolute atomic E-state index is 11.5. The fraction of sp³-hybridized carbons (Fsp3) is 0.750. The van der Waals surface area contributed by atoms with Crippen LogP contribution >= 0.6 is 0 Å². The third-order valence-corrected chi connectivity index (χ3v) is 2.86. The predicted octanol–water partition coefficient (Wildman–Crippen LogP) is 2.25. The van der Waals surface area contributed by atoms with Gasteiger partial charge in [-0.3, -0.25) is 9.69 Å². The molecule has 1 fully saturated rings. The van der Waals surface area contributed by atoms with Crippen molar-refractivity contribution in [3.63, 3.8) is 0 Å². The highest BCUT2D eigenvalue weighted by molar-refractivity contribution is 5.82. The number of carbonyl (C=O) groups is 1. The zero-order valence-corrected chi connectivity index (χ0v) is 9.55. The highest BCUT2D eigenvalue weighted by Crippen LogP contribution is 2.15. The zero-order chi connectivity index (χ0) is 10.6. The van der Waals surface area contributed by atoms with Gasteiger partial charge in [0.05, 0.1) is 0 Å². The van der Waals surface area contributed by atoms with Crippen molar-refractivity contribution in [3.05, 3.63) is 11.6 Å². The van der Waals surface area contributed by atoms with Gasteiger partial charge in [0.2, 0.25) is 0 Å². The molecular weight excluding hydrogens is 174 g/mol. The van der Waals surface area contributed by atoms with Gasteiger partial charge in [0.15, 0.2) is 0 Å². The van der Waals surface area contributed by atoms with Gasteiger partial charge in [0, 0.05) is 32.0 Å². The first kappa shape index (κ1) is 11.4. The van der Waals surface area contributed by atoms with Crippen LogP contribution in [0.4, 0.5) is 0 Å². The number of allylic oxidation sites excluding steroid dienone is 1. The lowest BCUT2D eigenvalue weighted by molar-refractivity contribution is -0.126. The molecule has 0 aliphatic carbocycles. The number of Topliss-reactive ketones (excluding diaryl/α,β-unsaturated/α-hetero) is 1. The molecule has 0 aromatic carbocycles. The van der Waals surface area contributed by atoms with Crippen LogP contribution in [0.5, 0.6) is 0 Å². The summed E-state index contributed by atoms with van der Waals surface area (Å²) < 4.78 is 0. The van der Waals surface area contributed by atoms with Crippen molar-refractivity contribution >= 4 is 5.78 Å². The first-order valence-corrected chi connectivity index (χ1v) is 5.52. The smallest absolute Gasteiger partial charge is 0.138 e. The summed E-state index contributed by atoms with van der Waals surface area (Å²) in [6, 6.07) is 0. The van der Waals surface area contributed by atoms with Crippen LogP contribution in [0, 0.1) is 5.92 Å². The Morgan fingerprint density at radius 1 is 1.57 bits per heavy atom. The molecule has 1 aliphatic heterocycles. The van der Waals surface area contributed by atoms with E-state index in [0.29, 0.717) is 5.78 Å². The Labute approximate surface area is 87.0 Å². The highest BCUT2D eigenvalue weighted by atomic mass is 16.1. The lowest BCUT2D eigenvalue weighted by atomic mass is 9.94. The molecule has 0 spiro atoms. The maximum atomic E-state index is 11.5. The summed E-state index contributed by atoms with van der Waals surface area (Å²) in [4.78, 5) is 13.8. The van der Waals surface area contributed by atoms with E-state index in [-0.39, 0.29) is 5.92 Å². The SMILES string of the molecule is CCC1CN(CC=C(C)C)CCC1=O. The number of ketones is 1. The van der Waals surface area contributed by atoms with Gasteiger partial charge in [-0.1, -0.05) is 18.6 Å². The van der Waals surface area contributed by atoms with E-state index in [4.69, 9.17) is 0 Å².